The molecule has 3 heteroatoms. The van der Waals surface area contributed by atoms with E-state index >= 15 is 0 Å². The molecule has 1 aliphatic rings. The van der Waals surface area contributed by atoms with E-state index in [4.69, 9.17) is 9.40 Å². The van der Waals surface area contributed by atoms with Crippen molar-refractivity contribution in [3.05, 3.63) is 205 Å². The van der Waals surface area contributed by atoms with Crippen molar-refractivity contribution >= 4 is 71.3 Å². The van der Waals surface area contributed by atoms with Crippen LogP contribution in [0.25, 0.3) is 87.9 Å². The molecule has 1 aliphatic carbocycles. The van der Waals surface area contributed by atoms with Crippen LogP contribution in [0.1, 0.15) is 25.0 Å². The maximum absolute atomic E-state index is 6.63. The summed E-state index contributed by atoms with van der Waals surface area (Å²) in [6.07, 6.45) is 0. The molecule has 11 aromatic rings. The Morgan fingerprint density at radius 1 is 0.424 bits per heavy atom. The van der Waals surface area contributed by atoms with Crippen molar-refractivity contribution in [2.45, 2.75) is 19.3 Å². The zero-order valence-corrected chi connectivity index (χ0v) is 32.8. The largest absolute Gasteiger partial charge is 0.435 e. The zero-order chi connectivity index (χ0) is 39.2. The molecule has 10 aromatic carbocycles. The Morgan fingerprint density at radius 3 is 1.95 bits per heavy atom. The highest BCUT2D eigenvalue weighted by atomic mass is 16.3. The summed E-state index contributed by atoms with van der Waals surface area (Å²) in [6, 6.07) is 70.5. The highest BCUT2D eigenvalue weighted by molar-refractivity contribution is 6.26. The smallest absolute Gasteiger partial charge is 0.227 e. The Bertz CT molecular complexity index is 3490. The topological polar surface area (TPSA) is 29.3 Å². The molecule has 1 aromatic heterocycles. The highest BCUT2D eigenvalue weighted by Crippen LogP contribution is 2.51. The molecule has 0 fully saturated rings. The molecule has 3 nitrogen and oxygen atoms in total. The van der Waals surface area contributed by atoms with Crippen LogP contribution < -0.4 is 4.90 Å². The zero-order valence-electron chi connectivity index (χ0n) is 32.8. The van der Waals surface area contributed by atoms with Crippen molar-refractivity contribution in [2.75, 3.05) is 4.90 Å². The Balaban J connectivity index is 1.06. The van der Waals surface area contributed by atoms with Crippen LogP contribution in [-0.2, 0) is 5.41 Å². The van der Waals surface area contributed by atoms with Gasteiger partial charge in [-0.1, -0.05) is 147 Å². The summed E-state index contributed by atoms with van der Waals surface area (Å²) in [5, 5.41) is 9.38. The van der Waals surface area contributed by atoms with Gasteiger partial charge in [-0.3, -0.25) is 0 Å². The van der Waals surface area contributed by atoms with Gasteiger partial charge in [0.2, 0.25) is 5.89 Å². The average Bonchev–Trinajstić information content (AvgIpc) is 3.83. The van der Waals surface area contributed by atoms with E-state index in [0.717, 1.165) is 49.9 Å². The lowest BCUT2D eigenvalue weighted by Gasteiger charge is -2.29. The molecule has 0 N–H and O–H groups in total. The Hall–Kier alpha value is -7.49. The first kappa shape index (κ1) is 33.6. The first-order valence-electron chi connectivity index (χ1n) is 20.4. The lowest BCUT2D eigenvalue weighted by Crippen LogP contribution is -2.16. The van der Waals surface area contributed by atoms with Gasteiger partial charge in [-0.15, -0.1) is 0 Å². The van der Waals surface area contributed by atoms with Gasteiger partial charge in [-0.2, -0.15) is 0 Å². The second-order valence-electron chi connectivity index (χ2n) is 16.4. The molecule has 1 heterocycles. The second kappa shape index (κ2) is 12.8. The number of anilines is 3. The van der Waals surface area contributed by atoms with Crippen molar-refractivity contribution < 1.29 is 4.42 Å². The number of aromatic nitrogens is 1. The van der Waals surface area contributed by atoms with Crippen molar-refractivity contribution in [2.24, 2.45) is 0 Å². The van der Waals surface area contributed by atoms with Crippen LogP contribution in [0.15, 0.2) is 199 Å². The quantitative estimate of drug-likeness (QED) is 0.164. The minimum Gasteiger partial charge on any atom is -0.435 e. The van der Waals surface area contributed by atoms with E-state index in [2.05, 4.69) is 183 Å². The van der Waals surface area contributed by atoms with E-state index in [1.807, 2.05) is 30.3 Å². The van der Waals surface area contributed by atoms with Gasteiger partial charge in [0.25, 0.3) is 0 Å². The van der Waals surface area contributed by atoms with Gasteiger partial charge < -0.3 is 9.32 Å². The van der Waals surface area contributed by atoms with E-state index in [-0.39, 0.29) is 5.41 Å². The van der Waals surface area contributed by atoms with Crippen LogP contribution in [0.5, 0.6) is 0 Å². The maximum atomic E-state index is 6.63. The second-order valence-corrected chi connectivity index (χ2v) is 16.4. The molecule has 0 atom stereocenters. The fourth-order valence-corrected chi connectivity index (χ4v) is 9.65. The number of hydrogen-bond acceptors (Lipinski definition) is 3. The van der Waals surface area contributed by atoms with Gasteiger partial charge in [-0.05, 0) is 126 Å². The SMILES string of the molecule is CC1(C)c2ccccc2-c2ccc(N(c3cccc(-c4ccc5ccccc5c4)c3)c3ccc4c(ccc5ccc6ccc7nc(-c8ccccc8)oc7c6c54)c3)cc21. The summed E-state index contributed by atoms with van der Waals surface area (Å²) in [7, 11) is 0. The van der Waals surface area contributed by atoms with Crippen LogP contribution in [0, 0.1) is 0 Å². The van der Waals surface area contributed by atoms with Crippen molar-refractivity contribution in [3.63, 3.8) is 0 Å². The number of benzene rings is 10. The normalized spacial score (nSPS) is 13.1. The minimum absolute atomic E-state index is 0.129. The molecule has 0 radical (unpaired) electrons. The van der Waals surface area contributed by atoms with E-state index in [1.165, 1.54) is 60.3 Å². The highest BCUT2D eigenvalue weighted by Gasteiger charge is 2.35. The Morgan fingerprint density at radius 2 is 1.07 bits per heavy atom. The van der Waals surface area contributed by atoms with Gasteiger partial charge in [0.1, 0.15) is 5.52 Å². The maximum Gasteiger partial charge on any atom is 0.227 e. The number of rotatable bonds is 5. The van der Waals surface area contributed by atoms with Crippen molar-refractivity contribution in [1.29, 1.82) is 0 Å². The van der Waals surface area contributed by atoms with Crippen LogP contribution in [0.2, 0.25) is 0 Å². The number of nitrogens with zero attached hydrogens (tertiary/aromatic N) is 2. The molecule has 0 amide bonds. The summed E-state index contributed by atoms with van der Waals surface area (Å²) in [5.41, 5.74) is 13.6. The molecule has 0 spiro atoms. The van der Waals surface area contributed by atoms with E-state index in [1.54, 1.807) is 0 Å². The average molecular weight is 755 g/mol. The van der Waals surface area contributed by atoms with Gasteiger partial charge in [0, 0.05) is 38.8 Å². The fraction of sp³-hybridized carbons (Fsp3) is 0.0536. The molecule has 0 aliphatic heterocycles. The summed E-state index contributed by atoms with van der Waals surface area (Å²) in [4.78, 5) is 7.37. The summed E-state index contributed by atoms with van der Waals surface area (Å²) in [6.45, 7) is 4.71. The third-order valence-corrected chi connectivity index (χ3v) is 12.6. The van der Waals surface area contributed by atoms with Crippen molar-refractivity contribution in [1.82, 2.24) is 4.98 Å². The molecule has 59 heavy (non-hydrogen) atoms. The minimum atomic E-state index is -0.129. The summed E-state index contributed by atoms with van der Waals surface area (Å²) < 4.78 is 6.63. The molecular weight excluding hydrogens is 717 g/mol. The van der Waals surface area contributed by atoms with Gasteiger partial charge in [-0.25, -0.2) is 4.98 Å². The van der Waals surface area contributed by atoms with Gasteiger partial charge in [0.05, 0.1) is 0 Å². The fourth-order valence-electron chi connectivity index (χ4n) is 9.65. The van der Waals surface area contributed by atoms with Crippen LogP contribution in [-0.4, -0.2) is 4.98 Å². The Labute approximate surface area is 342 Å². The predicted octanol–water partition coefficient (Wildman–Crippen LogP) is 15.6. The molecule has 0 saturated carbocycles. The van der Waals surface area contributed by atoms with Crippen molar-refractivity contribution in [3.8, 4) is 33.7 Å². The van der Waals surface area contributed by atoms with Gasteiger partial charge >= 0.3 is 0 Å². The first-order chi connectivity index (χ1) is 29.0. The first-order valence-corrected chi connectivity index (χ1v) is 20.4. The standard InChI is InChI=1S/C56H38N2O/c1-56(2)49-18-9-8-17-47(49)48-29-27-45(34-50(48)56)58(43-16-10-15-40(32-43)41-23-19-35-11-6-7-14-39(35)31-41)44-26-28-46-42(33-44)24-22-36-20-21-37-25-30-51-54(53(37)52(36)46)59-55(57-51)38-12-4-3-5-13-38/h3-34H,1-2H3. The Kier molecular flexibility index (Phi) is 7.27. The third-order valence-electron chi connectivity index (χ3n) is 12.6. The number of hydrogen-bond donors (Lipinski definition) is 0. The summed E-state index contributed by atoms with van der Waals surface area (Å²) >= 11 is 0. The third kappa shape index (κ3) is 5.25. The molecule has 0 bridgehead atoms. The number of fused-ring (bicyclic) bond motifs is 11. The summed E-state index contributed by atoms with van der Waals surface area (Å²) in [5.74, 6) is 0.634. The molecule has 0 saturated heterocycles. The lowest BCUT2D eigenvalue weighted by atomic mass is 9.82. The molecule has 0 unspecified atom stereocenters. The molecule has 278 valence electrons. The molecular formula is C56H38N2O. The van der Waals surface area contributed by atoms with E-state index in [0.29, 0.717) is 5.89 Å². The van der Waals surface area contributed by atoms with Gasteiger partial charge in [0.15, 0.2) is 5.58 Å². The number of oxazole rings is 1. The van der Waals surface area contributed by atoms with Crippen LogP contribution in [0.4, 0.5) is 17.1 Å². The predicted molar refractivity (Wildman–Crippen MR) is 247 cm³/mol. The van der Waals surface area contributed by atoms with E-state index in [9.17, 15) is 0 Å². The monoisotopic (exact) mass is 754 g/mol. The van der Waals surface area contributed by atoms with E-state index < -0.39 is 0 Å². The lowest BCUT2D eigenvalue weighted by molar-refractivity contribution is 0.623. The van der Waals surface area contributed by atoms with Crippen LogP contribution in [0.3, 0.4) is 0 Å². The molecule has 12 rings (SSSR count). The van der Waals surface area contributed by atoms with Crippen LogP contribution >= 0.6 is 0 Å².